The first kappa shape index (κ1) is 22.1. The van der Waals surface area contributed by atoms with Crippen LogP contribution in [0.25, 0.3) is 0 Å². The lowest BCUT2D eigenvalue weighted by Crippen LogP contribution is -2.49. The fraction of sp³-hybridized carbons (Fsp3) is 0.632. The lowest BCUT2D eigenvalue weighted by atomic mass is 9.89. The normalized spacial score (nSPS) is 28.5. The molecule has 2 fully saturated rings. The summed E-state index contributed by atoms with van der Waals surface area (Å²) in [6, 6.07) is 9.85. The first-order chi connectivity index (χ1) is 12.3. The number of carbonyl (C=O) groups excluding carboxylic acids is 1. The second-order valence-corrected chi connectivity index (χ2v) is 9.88. The fourth-order valence-corrected chi connectivity index (χ4v) is 6.02. The second kappa shape index (κ2) is 8.90. The quantitative estimate of drug-likeness (QED) is 0.778. The van der Waals surface area contributed by atoms with Gasteiger partial charge in [-0.25, -0.2) is 8.42 Å². The Bertz CT molecular complexity index is 744. The number of nitrogens with two attached hydrogens (primary N) is 1. The highest BCUT2D eigenvalue weighted by Gasteiger charge is 2.40. The third-order valence-electron chi connectivity index (χ3n) is 6.01. The van der Waals surface area contributed by atoms with Gasteiger partial charge in [-0.05, 0) is 31.4 Å². The Balaban J connectivity index is 0.00000261. The minimum atomic E-state index is -3.00. The van der Waals surface area contributed by atoms with Crippen molar-refractivity contribution in [2.45, 2.75) is 31.3 Å². The third kappa shape index (κ3) is 4.83. The summed E-state index contributed by atoms with van der Waals surface area (Å²) in [5.74, 6) is 0.911. The Morgan fingerprint density at radius 3 is 2.52 bits per heavy atom. The summed E-state index contributed by atoms with van der Waals surface area (Å²) in [5.41, 5.74) is 7.26. The average Bonchev–Trinajstić information content (AvgIpc) is 3.23. The van der Waals surface area contributed by atoms with Crippen LogP contribution in [0.5, 0.6) is 0 Å². The van der Waals surface area contributed by atoms with Crippen molar-refractivity contribution in [1.29, 1.82) is 0 Å². The maximum absolute atomic E-state index is 12.9. The molecule has 2 saturated heterocycles. The Labute approximate surface area is 168 Å². The molecule has 4 atom stereocenters. The minimum absolute atomic E-state index is 0. The van der Waals surface area contributed by atoms with E-state index in [1.165, 1.54) is 5.56 Å². The Hall–Kier alpha value is -1.15. The van der Waals surface area contributed by atoms with E-state index in [1.807, 2.05) is 25.1 Å². The largest absolute Gasteiger partial charge is 0.340 e. The van der Waals surface area contributed by atoms with Gasteiger partial charge in [0.05, 0.1) is 17.5 Å². The standard InChI is InChI=1S/C19H29N3O3S.ClH/c1-14(19(23)21(2)17-8-9-26(24,25)13-17)22-11-16(10-20)18(12-22)15-6-4-3-5-7-15;/h3-7,14,16-18H,8-13,20H2,1-2H3;1H/t14?,16-,17?,18+;/m1./s1. The van der Waals surface area contributed by atoms with Crippen LogP contribution in [0.4, 0.5) is 0 Å². The molecule has 8 heteroatoms. The molecule has 0 bridgehead atoms. The predicted molar refractivity (Wildman–Crippen MR) is 110 cm³/mol. The number of sulfone groups is 1. The molecule has 1 amide bonds. The zero-order chi connectivity index (χ0) is 18.9. The Morgan fingerprint density at radius 2 is 1.96 bits per heavy atom. The van der Waals surface area contributed by atoms with Gasteiger partial charge in [0.1, 0.15) is 0 Å². The van der Waals surface area contributed by atoms with Gasteiger partial charge in [-0.15, -0.1) is 12.4 Å². The van der Waals surface area contributed by atoms with E-state index < -0.39 is 9.84 Å². The van der Waals surface area contributed by atoms with Gasteiger partial charge in [0.15, 0.2) is 9.84 Å². The van der Waals surface area contributed by atoms with E-state index in [0.717, 1.165) is 13.1 Å². The Kier molecular flexibility index (Phi) is 7.30. The highest BCUT2D eigenvalue weighted by Crippen LogP contribution is 2.33. The van der Waals surface area contributed by atoms with Crippen molar-refractivity contribution in [3.05, 3.63) is 35.9 Å². The number of likely N-dealkylation sites (N-methyl/N-ethyl adjacent to an activating group) is 1. The smallest absolute Gasteiger partial charge is 0.239 e. The monoisotopic (exact) mass is 415 g/mol. The summed E-state index contributed by atoms with van der Waals surface area (Å²) in [7, 11) is -1.27. The van der Waals surface area contributed by atoms with E-state index in [-0.39, 0.29) is 41.9 Å². The summed E-state index contributed by atoms with van der Waals surface area (Å²) in [5, 5.41) is 0. The van der Waals surface area contributed by atoms with Crippen LogP contribution >= 0.6 is 12.4 Å². The van der Waals surface area contributed by atoms with Crippen LogP contribution in [0.1, 0.15) is 24.8 Å². The molecule has 1 aromatic carbocycles. The molecular weight excluding hydrogens is 386 g/mol. The fourth-order valence-electron chi connectivity index (χ4n) is 4.25. The number of hydrogen-bond donors (Lipinski definition) is 1. The second-order valence-electron chi connectivity index (χ2n) is 7.65. The van der Waals surface area contributed by atoms with Crippen molar-refractivity contribution < 1.29 is 13.2 Å². The average molecular weight is 416 g/mol. The van der Waals surface area contributed by atoms with Gasteiger partial charge < -0.3 is 10.6 Å². The Morgan fingerprint density at radius 1 is 1.30 bits per heavy atom. The molecule has 2 N–H and O–H groups in total. The molecule has 2 unspecified atom stereocenters. The van der Waals surface area contributed by atoms with Gasteiger partial charge in [-0.1, -0.05) is 30.3 Å². The molecule has 0 radical (unpaired) electrons. The maximum atomic E-state index is 12.9. The highest BCUT2D eigenvalue weighted by molar-refractivity contribution is 7.91. The van der Waals surface area contributed by atoms with Gasteiger partial charge in [-0.2, -0.15) is 0 Å². The molecule has 2 heterocycles. The van der Waals surface area contributed by atoms with Gasteiger partial charge in [-0.3, -0.25) is 9.69 Å². The molecule has 6 nitrogen and oxygen atoms in total. The molecule has 2 aliphatic rings. The minimum Gasteiger partial charge on any atom is -0.340 e. The summed E-state index contributed by atoms with van der Waals surface area (Å²) in [4.78, 5) is 16.8. The van der Waals surface area contributed by atoms with Gasteiger partial charge in [0.2, 0.25) is 5.91 Å². The number of amides is 1. The van der Waals surface area contributed by atoms with Gasteiger partial charge >= 0.3 is 0 Å². The number of halogens is 1. The van der Waals surface area contributed by atoms with E-state index in [1.54, 1.807) is 11.9 Å². The van der Waals surface area contributed by atoms with Crippen molar-refractivity contribution in [1.82, 2.24) is 9.80 Å². The molecule has 0 aromatic heterocycles. The van der Waals surface area contributed by atoms with E-state index >= 15 is 0 Å². The molecule has 27 heavy (non-hydrogen) atoms. The number of likely N-dealkylation sites (tertiary alicyclic amines) is 1. The topological polar surface area (TPSA) is 83.7 Å². The molecule has 0 saturated carbocycles. The van der Waals surface area contributed by atoms with Crippen molar-refractivity contribution in [2.75, 3.05) is 38.2 Å². The SMILES string of the molecule is CC(C(=O)N(C)C1CCS(=O)(=O)C1)N1C[C@@H](CN)[C@H](c2ccccc2)C1.Cl. The molecule has 152 valence electrons. The van der Waals surface area contributed by atoms with E-state index in [2.05, 4.69) is 17.0 Å². The van der Waals surface area contributed by atoms with Crippen molar-refractivity contribution in [3.8, 4) is 0 Å². The van der Waals surface area contributed by atoms with Gasteiger partial charge in [0.25, 0.3) is 0 Å². The van der Waals surface area contributed by atoms with Crippen LogP contribution in [-0.2, 0) is 14.6 Å². The number of benzene rings is 1. The van der Waals surface area contributed by atoms with Crippen molar-refractivity contribution >= 4 is 28.2 Å². The summed E-state index contributed by atoms with van der Waals surface area (Å²) >= 11 is 0. The molecule has 1 aromatic rings. The molecular formula is C19H30ClN3O3S. The number of nitrogens with zero attached hydrogens (tertiary/aromatic N) is 2. The van der Waals surface area contributed by atoms with E-state index in [4.69, 9.17) is 5.73 Å². The number of rotatable bonds is 5. The molecule has 2 aliphatic heterocycles. The summed E-state index contributed by atoms with van der Waals surface area (Å²) < 4.78 is 23.4. The van der Waals surface area contributed by atoms with Crippen LogP contribution in [0.3, 0.4) is 0 Å². The number of carbonyl (C=O) groups is 1. The zero-order valence-corrected chi connectivity index (χ0v) is 17.6. The third-order valence-corrected chi connectivity index (χ3v) is 7.76. The van der Waals surface area contributed by atoms with Crippen LogP contribution < -0.4 is 5.73 Å². The lowest BCUT2D eigenvalue weighted by Gasteiger charge is -2.31. The van der Waals surface area contributed by atoms with Gasteiger partial charge in [0, 0.05) is 32.1 Å². The zero-order valence-electron chi connectivity index (χ0n) is 16.0. The number of hydrogen-bond acceptors (Lipinski definition) is 5. The van der Waals surface area contributed by atoms with Crippen LogP contribution in [0.2, 0.25) is 0 Å². The summed E-state index contributed by atoms with van der Waals surface area (Å²) in [6.45, 7) is 4.10. The molecule has 0 aliphatic carbocycles. The van der Waals surface area contributed by atoms with Crippen LogP contribution in [-0.4, -0.2) is 74.4 Å². The first-order valence-corrected chi connectivity index (χ1v) is 11.1. The summed E-state index contributed by atoms with van der Waals surface area (Å²) in [6.07, 6.45) is 0.537. The van der Waals surface area contributed by atoms with Crippen molar-refractivity contribution in [2.24, 2.45) is 11.7 Å². The van der Waals surface area contributed by atoms with Crippen LogP contribution in [0, 0.1) is 5.92 Å². The molecule has 0 spiro atoms. The molecule has 3 rings (SSSR count). The van der Waals surface area contributed by atoms with E-state index in [0.29, 0.717) is 24.8 Å². The maximum Gasteiger partial charge on any atom is 0.239 e. The predicted octanol–water partition coefficient (Wildman–Crippen LogP) is 1.12. The van der Waals surface area contributed by atoms with E-state index in [9.17, 15) is 13.2 Å². The lowest BCUT2D eigenvalue weighted by molar-refractivity contribution is -0.136. The first-order valence-electron chi connectivity index (χ1n) is 9.28. The van der Waals surface area contributed by atoms with Crippen LogP contribution in [0.15, 0.2) is 30.3 Å². The van der Waals surface area contributed by atoms with Crippen molar-refractivity contribution in [3.63, 3.8) is 0 Å². The highest BCUT2D eigenvalue weighted by atomic mass is 35.5.